The standard InChI is InChI=1S/C21H34N2O5/c1-5-8-13(4)22-19(25)18-15-10-9-14(6-2)16(21(27)28-7-3)17(15)20(26)23(18)11-12-24/h9-10,13-18,24H,5-8,11-12H2,1-4H3,(H,22,25)/t13?,14-,15+,16-,17-,18+/m1/s1. The lowest BCUT2D eigenvalue weighted by Gasteiger charge is -2.33. The van der Waals surface area contributed by atoms with Crippen LogP contribution < -0.4 is 5.32 Å². The van der Waals surface area contributed by atoms with E-state index < -0.39 is 23.8 Å². The molecule has 2 amide bonds. The molecule has 0 radical (unpaired) electrons. The Hall–Kier alpha value is -1.89. The summed E-state index contributed by atoms with van der Waals surface area (Å²) >= 11 is 0. The summed E-state index contributed by atoms with van der Waals surface area (Å²) in [7, 11) is 0. The fourth-order valence-electron chi connectivity index (χ4n) is 4.63. The average molecular weight is 395 g/mol. The Balaban J connectivity index is 2.37. The van der Waals surface area contributed by atoms with Crippen molar-refractivity contribution in [3.8, 4) is 0 Å². The van der Waals surface area contributed by atoms with Crippen molar-refractivity contribution in [1.82, 2.24) is 10.2 Å². The number of aliphatic hydroxyl groups is 1. The second-order valence-corrected chi connectivity index (χ2v) is 7.74. The summed E-state index contributed by atoms with van der Waals surface area (Å²) in [5.74, 6) is -2.57. The van der Waals surface area contributed by atoms with E-state index in [1.807, 2.05) is 26.0 Å². The summed E-state index contributed by atoms with van der Waals surface area (Å²) in [4.78, 5) is 40.4. The van der Waals surface area contributed by atoms with Crippen LogP contribution in [0.15, 0.2) is 12.2 Å². The third kappa shape index (κ3) is 4.40. The van der Waals surface area contributed by atoms with Crippen molar-refractivity contribution < 1.29 is 24.2 Å². The number of nitrogens with one attached hydrogen (secondary N) is 1. The van der Waals surface area contributed by atoms with E-state index in [-0.39, 0.29) is 49.5 Å². The molecule has 0 saturated carbocycles. The minimum absolute atomic E-state index is 0.000516. The van der Waals surface area contributed by atoms with Crippen LogP contribution in [0.25, 0.3) is 0 Å². The summed E-state index contributed by atoms with van der Waals surface area (Å²) < 4.78 is 5.26. The van der Waals surface area contributed by atoms with Gasteiger partial charge in [0.2, 0.25) is 11.8 Å². The van der Waals surface area contributed by atoms with E-state index in [1.54, 1.807) is 6.92 Å². The van der Waals surface area contributed by atoms with Gasteiger partial charge in [0.15, 0.2) is 0 Å². The first kappa shape index (κ1) is 22.4. The predicted molar refractivity (Wildman–Crippen MR) is 105 cm³/mol. The van der Waals surface area contributed by atoms with E-state index >= 15 is 0 Å². The highest BCUT2D eigenvalue weighted by Crippen LogP contribution is 2.45. The van der Waals surface area contributed by atoms with Crippen LogP contribution in [-0.4, -0.2) is 59.6 Å². The molecular weight excluding hydrogens is 360 g/mol. The molecule has 158 valence electrons. The molecule has 0 aromatic carbocycles. The van der Waals surface area contributed by atoms with Gasteiger partial charge >= 0.3 is 5.97 Å². The Morgan fingerprint density at radius 2 is 2.00 bits per heavy atom. The molecule has 2 rings (SSSR count). The summed E-state index contributed by atoms with van der Waals surface area (Å²) in [5.41, 5.74) is 0. The number of β-amino-alcohol motifs (C(OH)–C–C–N with tert-alkyl or cyclic N) is 1. The predicted octanol–water partition coefficient (Wildman–Crippen LogP) is 1.50. The number of carbonyl (C=O) groups excluding carboxylic acids is 3. The highest BCUT2D eigenvalue weighted by molar-refractivity contribution is 5.96. The summed E-state index contributed by atoms with van der Waals surface area (Å²) in [6, 6.07) is -0.714. The second-order valence-electron chi connectivity index (χ2n) is 7.74. The van der Waals surface area contributed by atoms with Crippen molar-refractivity contribution in [2.45, 2.75) is 59.0 Å². The molecular formula is C21H34N2O5. The maximum Gasteiger partial charge on any atom is 0.310 e. The van der Waals surface area contributed by atoms with Gasteiger partial charge in [-0.05, 0) is 32.6 Å². The first-order valence-electron chi connectivity index (χ1n) is 10.5. The van der Waals surface area contributed by atoms with Crippen LogP contribution in [0.4, 0.5) is 0 Å². The van der Waals surface area contributed by atoms with Gasteiger partial charge in [-0.25, -0.2) is 0 Å². The number of rotatable bonds is 9. The summed E-state index contributed by atoms with van der Waals surface area (Å²) in [6.07, 6.45) is 6.37. The molecule has 0 bridgehead atoms. The molecule has 0 aromatic rings. The molecule has 1 aliphatic heterocycles. The molecule has 7 nitrogen and oxygen atoms in total. The van der Waals surface area contributed by atoms with Gasteiger partial charge in [-0.15, -0.1) is 0 Å². The average Bonchev–Trinajstić information content (AvgIpc) is 2.93. The second kappa shape index (κ2) is 10.0. The van der Waals surface area contributed by atoms with Gasteiger partial charge in [0.05, 0.1) is 25.0 Å². The lowest BCUT2D eigenvalue weighted by Crippen LogP contribution is -2.50. The Morgan fingerprint density at radius 1 is 1.29 bits per heavy atom. The van der Waals surface area contributed by atoms with E-state index in [0.29, 0.717) is 6.42 Å². The van der Waals surface area contributed by atoms with Crippen molar-refractivity contribution in [1.29, 1.82) is 0 Å². The lowest BCUT2D eigenvalue weighted by atomic mass is 9.69. The number of hydrogen-bond acceptors (Lipinski definition) is 5. The number of fused-ring (bicyclic) bond motifs is 1. The number of amides is 2. The van der Waals surface area contributed by atoms with Crippen molar-refractivity contribution >= 4 is 17.8 Å². The fraction of sp³-hybridized carbons (Fsp3) is 0.762. The number of carbonyl (C=O) groups is 3. The van der Waals surface area contributed by atoms with Gasteiger partial charge in [0.1, 0.15) is 6.04 Å². The zero-order valence-corrected chi connectivity index (χ0v) is 17.4. The Morgan fingerprint density at radius 3 is 2.57 bits per heavy atom. The highest BCUT2D eigenvalue weighted by Gasteiger charge is 2.57. The Labute approximate surface area is 167 Å². The number of nitrogens with zero attached hydrogens (tertiary/aromatic N) is 1. The van der Waals surface area contributed by atoms with Gasteiger partial charge in [0.25, 0.3) is 0 Å². The van der Waals surface area contributed by atoms with Crippen LogP contribution >= 0.6 is 0 Å². The number of allylic oxidation sites excluding steroid dienone is 1. The molecule has 1 heterocycles. The van der Waals surface area contributed by atoms with Gasteiger partial charge in [-0.1, -0.05) is 32.4 Å². The van der Waals surface area contributed by atoms with Gasteiger partial charge < -0.3 is 20.1 Å². The molecule has 2 N–H and O–H groups in total. The number of ether oxygens (including phenoxy) is 1. The molecule has 6 atom stereocenters. The SMILES string of the molecule is CCCC(C)NC(=O)[C@@H]1[C@H]2C=C[C@@H](CC)[C@@H](C(=O)OCC)[C@@H]2C(=O)N1CCO. The topological polar surface area (TPSA) is 95.9 Å². The molecule has 2 aliphatic rings. The highest BCUT2D eigenvalue weighted by atomic mass is 16.5. The Kier molecular flexibility index (Phi) is 8.04. The maximum atomic E-state index is 13.2. The summed E-state index contributed by atoms with van der Waals surface area (Å²) in [5, 5.41) is 12.5. The van der Waals surface area contributed by atoms with Gasteiger partial charge in [0, 0.05) is 18.5 Å². The van der Waals surface area contributed by atoms with Crippen LogP contribution in [0.2, 0.25) is 0 Å². The number of hydrogen-bond donors (Lipinski definition) is 2. The van der Waals surface area contributed by atoms with Crippen molar-refractivity contribution in [2.24, 2.45) is 23.7 Å². The minimum Gasteiger partial charge on any atom is -0.466 e. The molecule has 28 heavy (non-hydrogen) atoms. The zero-order chi connectivity index (χ0) is 20.8. The van der Waals surface area contributed by atoms with Crippen molar-refractivity contribution in [2.75, 3.05) is 19.8 Å². The molecule has 0 spiro atoms. The van der Waals surface area contributed by atoms with E-state index in [2.05, 4.69) is 12.2 Å². The molecule has 1 saturated heterocycles. The molecule has 0 aromatic heterocycles. The zero-order valence-electron chi connectivity index (χ0n) is 17.4. The monoisotopic (exact) mass is 394 g/mol. The third-order valence-corrected chi connectivity index (χ3v) is 5.86. The minimum atomic E-state index is -0.713. The largest absolute Gasteiger partial charge is 0.466 e. The number of aliphatic hydroxyl groups excluding tert-OH is 1. The quantitative estimate of drug-likeness (QED) is 0.456. The van der Waals surface area contributed by atoms with Crippen molar-refractivity contribution in [3.63, 3.8) is 0 Å². The molecule has 7 heteroatoms. The van der Waals surface area contributed by atoms with Crippen LogP contribution in [0.5, 0.6) is 0 Å². The van der Waals surface area contributed by atoms with E-state index in [1.165, 1.54) is 4.90 Å². The van der Waals surface area contributed by atoms with Crippen LogP contribution in [0, 0.1) is 23.7 Å². The van der Waals surface area contributed by atoms with E-state index in [9.17, 15) is 19.5 Å². The van der Waals surface area contributed by atoms with Crippen LogP contribution in [-0.2, 0) is 19.1 Å². The summed E-state index contributed by atoms with van der Waals surface area (Å²) in [6.45, 7) is 7.81. The van der Waals surface area contributed by atoms with Crippen LogP contribution in [0.1, 0.15) is 47.0 Å². The fourth-order valence-corrected chi connectivity index (χ4v) is 4.63. The van der Waals surface area contributed by atoms with Gasteiger partial charge in [-0.3, -0.25) is 14.4 Å². The lowest BCUT2D eigenvalue weighted by molar-refractivity contribution is -0.155. The van der Waals surface area contributed by atoms with E-state index in [0.717, 1.165) is 12.8 Å². The first-order valence-corrected chi connectivity index (χ1v) is 10.5. The Bertz CT molecular complexity index is 606. The third-order valence-electron chi connectivity index (χ3n) is 5.86. The van der Waals surface area contributed by atoms with Gasteiger partial charge in [-0.2, -0.15) is 0 Å². The number of esters is 1. The van der Waals surface area contributed by atoms with Crippen LogP contribution in [0.3, 0.4) is 0 Å². The maximum absolute atomic E-state index is 13.2. The molecule has 1 aliphatic carbocycles. The first-order chi connectivity index (χ1) is 13.4. The normalized spacial score (nSPS) is 30.1. The molecule has 1 unspecified atom stereocenters. The number of likely N-dealkylation sites (tertiary alicyclic amines) is 1. The van der Waals surface area contributed by atoms with Crippen molar-refractivity contribution in [3.05, 3.63) is 12.2 Å². The van der Waals surface area contributed by atoms with E-state index in [4.69, 9.17) is 4.74 Å². The smallest absolute Gasteiger partial charge is 0.310 e. The molecule has 1 fully saturated rings.